The number of hydrogen-bond acceptors (Lipinski definition) is 3. The van der Waals surface area contributed by atoms with Crippen molar-refractivity contribution in [2.75, 3.05) is 6.61 Å². The Hall–Kier alpha value is -1.94. The van der Waals surface area contributed by atoms with E-state index in [2.05, 4.69) is 36.5 Å². The molecule has 0 aromatic heterocycles. The summed E-state index contributed by atoms with van der Waals surface area (Å²) >= 11 is 1.57. The van der Waals surface area contributed by atoms with Crippen molar-refractivity contribution in [3.8, 4) is 5.75 Å². The Morgan fingerprint density at radius 2 is 1.96 bits per heavy atom. The highest BCUT2D eigenvalue weighted by atomic mass is 32.2. The monoisotopic (exact) mass is 329 g/mol. The molecule has 23 heavy (non-hydrogen) atoms. The van der Waals surface area contributed by atoms with Crippen molar-refractivity contribution in [1.29, 1.82) is 0 Å². The molecule has 1 N–H and O–H groups in total. The van der Waals surface area contributed by atoms with Gasteiger partial charge < -0.3 is 10.1 Å². The molecular formula is C19H23NO2S. The molecule has 122 valence electrons. The zero-order chi connectivity index (χ0) is 16.7. The number of hydrogen-bond donors (Lipinski definition) is 1. The van der Waals surface area contributed by atoms with Gasteiger partial charge in [-0.2, -0.15) is 0 Å². The van der Waals surface area contributed by atoms with Crippen LogP contribution in [0.25, 0.3) is 0 Å². The molecule has 0 fully saturated rings. The topological polar surface area (TPSA) is 38.3 Å². The molecule has 0 saturated heterocycles. The van der Waals surface area contributed by atoms with E-state index in [4.69, 9.17) is 4.74 Å². The van der Waals surface area contributed by atoms with Gasteiger partial charge in [0.05, 0.1) is 11.9 Å². The molecule has 0 aliphatic heterocycles. The Morgan fingerprint density at radius 1 is 1.22 bits per heavy atom. The first-order chi connectivity index (χ1) is 11.1. The summed E-state index contributed by atoms with van der Waals surface area (Å²) in [5, 5.41) is 2.85. The highest BCUT2D eigenvalue weighted by molar-refractivity contribution is 8.00. The van der Waals surface area contributed by atoms with Crippen LogP contribution in [0.4, 0.5) is 0 Å². The molecule has 0 aliphatic rings. The Labute approximate surface area is 142 Å². The highest BCUT2D eigenvalue weighted by Gasteiger charge is 2.14. The Balaban J connectivity index is 1.86. The normalized spacial score (nSPS) is 11.8. The van der Waals surface area contributed by atoms with E-state index >= 15 is 0 Å². The SMILES string of the molecule is CCOc1cccc(CNC(=O)[C@@H](C)Sc2ccc(C)cc2)c1. The largest absolute Gasteiger partial charge is 0.494 e. The van der Waals surface area contributed by atoms with Crippen LogP contribution in [0.1, 0.15) is 25.0 Å². The molecule has 0 unspecified atom stereocenters. The summed E-state index contributed by atoms with van der Waals surface area (Å²) in [6.07, 6.45) is 0. The molecule has 4 heteroatoms. The summed E-state index contributed by atoms with van der Waals surface area (Å²) in [6, 6.07) is 16.0. The summed E-state index contributed by atoms with van der Waals surface area (Å²) in [6.45, 7) is 7.09. The number of carbonyl (C=O) groups excluding carboxylic acids is 1. The lowest BCUT2D eigenvalue weighted by Crippen LogP contribution is -2.30. The highest BCUT2D eigenvalue weighted by Crippen LogP contribution is 2.23. The fraction of sp³-hybridized carbons (Fsp3) is 0.316. The zero-order valence-electron chi connectivity index (χ0n) is 13.8. The summed E-state index contributed by atoms with van der Waals surface area (Å²) in [5.41, 5.74) is 2.26. The molecule has 2 aromatic carbocycles. The van der Waals surface area contributed by atoms with Crippen molar-refractivity contribution in [3.63, 3.8) is 0 Å². The second-order valence-corrected chi connectivity index (χ2v) is 6.79. The first-order valence-corrected chi connectivity index (χ1v) is 8.69. The van der Waals surface area contributed by atoms with E-state index in [1.165, 1.54) is 5.56 Å². The first kappa shape index (κ1) is 17.4. The Kier molecular flexibility index (Phi) is 6.53. The maximum absolute atomic E-state index is 12.2. The van der Waals surface area contributed by atoms with Gasteiger partial charge in [-0.1, -0.05) is 29.8 Å². The minimum absolute atomic E-state index is 0.0392. The molecule has 0 spiro atoms. The zero-order valence-corrected chi connectivity index (χ0v) is 14.7. The number of carbonyl (C=O) groups is 1. The molecule has 0 heterocycles. The predicted molar refractivity (Wildman–Crippen MR) is 96.0 cm³/mol. The van der Waals surface area contributed by atoms with Gasteiger partial charge in [0.1, 0.15) is 5.75 Å². The molecule has 0 radical (unpaired) electrons. The Morgan fingerprint density at radius 3 is 2.65 bits per heavy atom. The van der Waals surface area contributed by atoms with Crippen molar-refractivity contribution >= 4 is 17.7 Å². The Bertz CT molecular complexity index is 640. The third kappa shape index (κ3) is 5.64. The van der Waals surface area contributed by atoms with E-state index in [0.717, 1.165) is 16.2 Å². The van der Waals surface area contributed by atoms with Crippen molar-refractivity contribution < 1.29 is 9.53 Å². The molecule has 1 atom stereocenters. The van der Waals surface area contributed by atoms with Gasteiger partial charge in [-0.3, -0.25) is 4.79 Å². The molecule has 2 rings (SSSR count). The predicted octanol–water partition coefficient (Wildman–Crippen LogP) is 4.19. The lowest BCUT2D eigenvalue weighted by molar-refractivity contribution is -0.120. The van der Waals surface area contributed by atoms with Crippen LogP contribution < -0.4 is 10.1 Å². The van der Waals surface area contributed by atoms with Crippen LogP contribution in [0.3, 0.4) is 0 Å². The van der Waals surface area contributed by atoms with E-state index in [-0.39, 0.29) is 11.2 Å². The van der Waals surface area contributed by atoms with E-state index in [1.807, 2.05) is 38.1 Å². The molecule has 0 aliphatic carbocycles. The van der Waals surface area contributed by atoms with Crippen molar-refractivity contribution in [2.45, 2.75) is 37.5 Å². The summed E-state index contributed by atoms with van der Waals surface area (Å²) < 4.78 is 5.47. The van der Waals surface area contributed by atoms with Crippen LogP contribution >= 0.6 is 11.8 Å². The van der Waals surface area contributed by atoms with Gasteiger partial charge in [-0.15, -0.1) is 11.8 Å². The van der Waals surface area contributed by atoms with Crippen molar-refractivity contribution in [1.82, 2.24) is 5.32 Å². The van der Waals surface area contributed by atoms with Gasteiger partial charge in [0, 0.05) is 11.4 Å². The molecule has 3 nitrogen and oxygen atoms in total. The number of nitrogens with one attached hydrogen (secondary N) is 1. The molecule has 2 aromatic rings. The maximum Gasteiger partial charge on any atom is 0.233 e. The van der Waals surface area contributed by atoms with E-state index in [9.17, 15) is 4.79 Å². The van der Waals surface area contributed by atoms with Crippen LogP contribution in [0.15, 0.2) is 53.4 Å². The van der Waals surface area contributed by atoms with Crippen LogP contribution in [0, 0.1) is 6.92 Å². The number of ether oxygens (including phenoxy) is 1. The van der Waals surface area contributed by atoms with E-state index in [1.54, 1.807) is 11.8 Å². The third-order valence-electron chi connectivity index (χ3n) is 3.38. The molecule has 1 amide bonds. The van der Waals surface area contributed by atoms with E-state index in [0.29, 0.717) is 13.2 Å². The average molecular weight is 329 g/mol. The van der Waals surface area contributed by atoms with Crippen molar-refractivity contribution in [3.05, 3.63) is 59.7 Å². The van der Waals surface area contributed by atoms with E-state index < -0.39 is 0 Å². The molecular weight excluding hydrogens is 306 g/mol. The summed E-state index contributed by atoms with van der Waals surface area (Å²) in [7, 11) is 0. The second-order valence-electron chi connectivity index (χ2n) is 5.37. The standard InChI is InChI=1S/C19H23NO2S/c1-4-22-17-7-5-6-16(12-17)13-20-19(21)15(3)23-18-10-8-14(2)9-11-18/h5-12,15H,4,13H2,1-3H3,(H,20,21)/t15-/m1/s1. The van der Waals surface area contributed by atoms with Gasteiger partial charge in [0.2, 0.25) is 5.91 Å². The molecule has 0 bridgehead atoms. The number of aryl methyl sites for hydroxylation is 1. The lowest BCUT2D eigenvalue weighted by atomic mass is 10.2. The second kappa shape index (κ2) is 8.63. The van der Waals surface area contributed by atoms with Crippen molar-refractivity contribution in [2.24, 2.45) is 0 Å². The fourth-order valence-corrected chi connectivity index (χ4v) is 3.01. The third-order valence-corrected chi connectivity index (χ3v) is 4.49. The average Bonchev–Trinajstić information content (AvgIpc) is 2.55. The van der Waals surface area contributed by atoms with Gasteiger partial charge in [0.25, 0.3) is 0 Å². The van der Waals surface area contributed by atoms with Crippen LogP contribution in [-0.2, 0) is 11.3 Å². The van der Waals surface area contributed by atoms with Gasteiger partial charge in [-0.25, -0.2) is 0 Å². The quantitative estimate of drug-likeness (QED) is 0.774. The van der Waals surface area contributed by atoms with Gasteiger partial charge in [0.15, 0.2) is 0 Å². The number of thioether (sulfide) groups is 1. The van der Waals surface area contributed by atoms with Crippen LogP contribution in [0.2, 0.25) is 0 Å². The van der Waals surface area contributed by atoms with Gasteiger partial charge >= 0.3 is 0 Å². The minimum atomic E-state index is -0.132. The first-order valence-electron chi connectivity index (χ1n) is 7.81. The number of rotatable bonds is 7. The van der Waals surface area contributed by atoms with Crippen LogP contribution in [0.5, 0.6) is 5.75 Å². The molecule has 0 saturated carbocycles. The minimum Gasteiger partial charge on any atom is -0.494 e. The lowest BCUT2D eigenvalue weighted by Gasteiger charge is -2.13. The van der Waals surface area contributed by atoms with Crippen LogP contribution in [-0.4, -0.2) is 17.8 Å². The number of benzene rings is 2. The summed E-state index contributed by atoms with van der Waals surface area (Å²) in [5.74, 6) is 0.874. The van der Waals surface area contributed by atoms with Gasteiger partial charge in [-0.05, 0) is 50.6 Å². The smallest absolute Gasteiger partial charge is 0.233 e. The fourth-order valence-electron chi connectivity index (χ4n) is 2.12. The summed E-state index contributed by atoms with van der Waals surface area (Å²) in [4.78, 5) is 13.3. The number of amides is 1. The maximum atomic E-state index is 12.2.